The molecular weight excluding hydrogens is 204 g/mol. The summed E-state index contributed by atoms with van der Waals surface area (Å²) < 4.78 is 5.42. The summed E-state index contributed by atoms with van der Waals surface area (Å²) in [7, 11) is 0. The summed E-state index contributed by atoms with van der Waals surface area (Å²) in [4.78, 5) is 0. The number of benzene rings is 1. The number of aliphatic hydroxyl groups excluding tert-OH is 1. The molecule has 0 spiro atoms. The third-order valence-corrected chi connectivity index (χ3v) is 2.45. The molecule has 1 unspecified atom stereocenters. The van der Waals surface area contributed by atoms with Gasteiger partial charge in [-0.15, -0.1) is 0 Å². The van der Waals surface area contributed by atoms with Crippen LogP contribution in [-0.4, -0.2) is 16.0 Å². The van der Waals surface area contributed by atoms with Crippen LogP contribution in [-0.2, 0) is 11.3 Å². The van der Waals surface area contributed by atoms with Crippen LogP contribution < -0.4 is 0 Å². The molecule has 1 aliphatic carbocycles. The summed E-state index contributed by atoms with van der Waals surface area (Å²) in [5.74, 6) is -1.14. The van der Waals surface area contributed by atoms with Crippen molar-refractivity contribution in [2.75, 3.05) is 0 Å². The first-order valence-electron chi connectivity index (χ1n) is 5.17. The maximum absolute atomic E-state index is 9.99. The van der Waals surface area contributed by atoms with Gasteiger partial charge in [0.05, 0.1) is 6.61 Å². The average molecular weight is 218 g/mol. The Kier molecular flexibility index (Phi) is 3.08. The van der Waals surface area contributed by atoms with E-state index in [2.05, 4.69) is 0 Å². The van der Waals surface area contributed by atoms with Crippen molar-refractivity contribution in [2.45, 2.75) is 18.8 Å². The van der Waals surface area contributed by atoms with Gasteiger partial charge in [0, 0.05) is 6.42 Å². The molecule has 0 fully saturated rings. The zero-order chi connectivity index (χ0) is 11.4. The number of aliphatic hydroxyl groups is 2. The van der Waals surface area contributed by atoms with E-state index in [1.807, 2.05) is 30.3 Å². The van der Waals surface area contributed by atoms with E-state index in [1.165, 1.54) is 18.2 Å². The Morgan fingerprint density at radius 1 is 1.25 bits per heavy atom. The molecule has 0 saturated heterocycles. The Labute approximate surface area is 94.3 Å². The largest absolute Gasteiger partial charge is 0.508 e. The van der Waals surface area contributed by atoms with E-state index >= 15 is 0 Å². The normalized spacial score (nSPS) is 24.2. The lowest BCUT2D eigenvalue weighted by Gasteiger charge is -2.25. The van der Waals surface area contributed by atoms with Crippen LogP contribution in [0.2, 0.25) is 0 Å². The van der Waals surface area contributed by atoms with Crippen LogP contribution in [0.3, 0.4) is 0 Å². The van der Waals surface area contributed by atoms with Crippen molar-refractivity contribution in [1.82, 2.24) is 0 Å². The lowest BCUT2D eigenvalue weighted by Crippen LogP contribution is -2.30. The fraction of sp³-hybridized carbons (Fsp3) is 0.231. The maximum atomic E-state index is 9.99. The highest BCUT2D eigenvalue weighted by molar-refractivity contribution is 5.20. The number of hydrogen-bond acceptors (Lipinski definition) is 3. The molecule has 1 aliphatic rings. The third kappa shape index (κ3) is 2.72. The zero-order valence-corrected chi connectivity index (χ0v) is 8.84. The topological polar surface area (TPSA) is 49.7 Å². The van der Waals surface area contributed by atoms with Gasteiger partial charge in [0.15, 0.2) is 5.79 Å². The summed E-state index contributed by atoms with van der Waals surface area (Å²) in [6.45, 7) is 0.344. The van der Waals surface area contributed by atoms with Crippen LogP contribution in [0.5, 0.6) is 0 Å². The molecule has 0 aromatic heterocycles. The minimum atomic E-state index is -1.30. The van der Waals surface area contributed by atoms with Gasteiger partial charge in [-0.05, 0) is 23.8 Å². The molecular formula is C13H14O3. The molecule has 0 aliphatic heterocycles. The van der Waals surface area contributed by atoms with Gasteiger partial charge in [-0.25, -0.2) is 0 Å². The van der Waals surface area contributed by atoms with Crippen molar-refractivity contribution in [3.05, 3.63) is 59.9 Å². The molecule has 16 heavy (non-hydrogen) atoms. The first-order chi connectivity index (χ1) is 7.68. The Morgan fingerprint density at radius 3 is 2.62 bits per heavy atom. The zero-order valence-electron chi connectivity index (χ0n) is 8.84. The van der Waals surface area contributed by atoms with Crippen LogP contribution in [0.15, 0.2) is 54.3 Å². The van der Waals surface area contributed by atoms with Crippen LogP contribution in [0.25, 0.3) is 0 Å². The molecule has 1 aromatic carbocycles. The van der Waals surface area contributed by atoms with Gasteiger partial charge in [-0.1, -0.05) is 30.3 Å². The van der Waals surface area contributed by atoms with Crippen molar-refractivity contribution in [3.8, 4) is 0 Å². The van der Waals surface area contributed by atoms with Gasteiger partial charge in [-0.2, -0.15) is 0 Å². The Bertz CT molecular complexity index is 408. The van der Waals surface area contributed by atoms with Gasteiger partial charge >= 0.3 is 0 Å². The third-order valence-electron chi connectivity index (χ3n) is 2.45. The summed E-state index contributed by atoms with van der Waals surface area (Å²) in [6.07, 6.45) is 4.70. The molecule has 0 amide bonds. The van der Waals surface area contributed by atoms with Crippen molar-refractivity contribution in [3.63, 3.8) is 0 Å². The highest BCUT2D eigenvalue weighted by atomic mass is 16.6. The predicted molar refractivity (Wildman–Crippen MR) is 60.6 cm³/mol. The van der Waals surface area contributed by atoms with Crippen LogP contribution in [0, 0.1) is 0 Å². The minimum Gasteiger partial charge on any atom is -0.508 e. The van der Waals surface area contributed by atoms with Gasteiger partial charge in [0.2, 0.25) is 0 Å². The molecule has 84 valence electrons. The molecule has 2 rings (SSSR count). The van der Waals surface area contributed by atoms with Gasteiger partial charge in [0.25, 0.3) is 0 Å². The van der Waals surface area contributed by atoms with E-state index in [9.17, 15) is 5.11 Å². The summed E-state index contributed by atoms with van der Waals surface area (Å²) in [6, 6.07) is 9.64. The van der Waals surface area contributed by atoms with E-state index in [0.29, 0.717) is 6.61 Å². The van der Waals surface area contributed by atoms with E-state index < -0.39 is 5.79 Å². The van der Waals surface area contributed by atoms with Gasteiger partial charge in [-0.3, -0.25) is 0 Å². The second-order valence-corrected chi connectivity index (χ2v) is 3.79. The first kappa shape index (κ1) is 10.9. The molecule has 0 heterocycles. The van der Waals surface area contributed by atoms with Crippen molar-refractivity contribution >= 4 is 0 Å². The molecule has 1 atom stereocenters. The molecule has 3 nitrogen and oxygen atoms in total. The van der Waals surface area contributed by atoms with Crippen molar-refractivity contribution in [1.29, 1.82) is 0 Å². The van der Waals surface area contributed by atoms with Crippen LogP contribution in [0.4, 0.5) is 0 Å². The summed E-state index contributed by atoms with van der Waals surface area (Å²) >= 11 is 0. The maximum Gasteiger partial charge on any atom is 0.189 e. The van der Waals surface area contributed by atoms with Gasteiger partial charge < -0.3 is 14.9 Å². The summed E-state index contributed by atoms with van der Waals surface area (Å²) in [5.41, 5.74) is 1.00. The SMILES string of the molecule is OC1=CCC(O)(OCc2ccccc2)C=C1. The number of allylic oxidation sites excluding steroid dienone is 1. The molecule has 0 bridgehead atoms. The molecule has 0 saturated carbocycles. The van der Waals surface area contributed by atoms with Crippen LogP contribution >= 0.6 is 0 Å². The quantitative estimate of drug-likeness (QED) is 0.765. The monoisotopic (exact) mass is 218 g/mol. The van der Waals surface area contributed by atoms with Crippen molar-refractivity contribution in [2.24, 2.45) is 0 Å². The minimum absolute atomic E-state index is 0.160. The molecule has 1 aromatic rings. The summed E-state index contributed by atoms with van der Waals surface area (Å²) in [5, 5.41) is 19.1. The number of rotatable bonds is 3. The molecule has 3 heteroatoms. The smallest absolute Gasteiger partial charge is 0.189 e. The Balaban J connectivity index is 1.94. The lowest BCUT2D eigenvalue weighted by atomic mass is 10.1. The number of ether oxygens (including phenoxy) is 1. The number of hydrogen-bond donors (Lipinski definition) is 2. The highest BCUT2D eigenvalue weighted by Gasteiger charge is 2.25. The Hall–Kier alpha value is -1.58. The first-order valence-corrected chi connectivity index (χ1v) is 5.17. The van der Waals surface area contributed by atoms with Gasteiger partial charge in [0.1, 0.15) is 5.76 Å². The van der Waals surface area contributed by atoms with Crippen LogP contribution in [0.1, 0.15) is 12.0 Å². The molecule has 2 N–H and O–H groups in total. The van der Waals surface area contributed by atoms with Crippen molar-refractivity contribution < 1.29 is 14.9 Å². The second-order valence-electron chi connectivity index (χ2n) is 3.79. The molecule has 0 radical (unpaired) electrons. The average Bonchev–Trinajstić information content (AvgIpc) is 2.33. The van der Waals surface area contributed by atoms with E-state index in [-0.39, 0.29) is 12.2 Å². The Morgan fingerprint density at radius 2 is 2.00 bits per heavy atom. The van der Waals surface area contributed by atoms with E-state index in [1.54, 1.807) is 0 Å². The fourth-order valence-electron chi connectivity index (χ4n) is 1.49. The lowest BCUT2D eigenvalue weighted by molar-refractivity contribution is -0.173. The fourth-order valence-corrected chi connectivity index (χ4v) is 1.49. The van der Waals surface area contributed by atoms with E-state index in [0.717, 1.165) is 5.56 Å². The highest BCUT2D eigenvalue weighted by Crippen LogP contribution is 2.22. The van der Waals surface area contributed by atoms with E-state index in [4.69, 9.17) is 9.84 Å². The standard InChI is InChI=1S/C13H14O3/c14-12-6-8-13(15,9-7-12)16-10-11-4-2-1-3-5-11/h1-8,14-15H,9-10H2. The second kappa shape index (κ2) is 4.51. The predicted octanol–water partition coefficient (Wildman–Crippen LogP) is 2.29.